The number of H-pyrrole nitrogens is 2. The van der Waals surface area contributed by atoms with Gasteiger partial charge in [-0.3, -0.25) is 9.69 Å². The summed E-state index contributed by atoms with van der Waals surface area (Å²) >= 11 is 0. The van der Waals surface area contributed by atoms with Crippen LogP contribution in [0.4, 0.5) is 0 Å². The van der Waals surface area contributed by atoms with Crippen LogP contribution in [0.5, 0.6) is 5.75 Å². The van der Waals surface area contributed by atoms with Crippen LogP contribution in [0.1, 0.15) is 18.4 Å². The molecule has 0 bridgehead atoms. The summed E-state index contributed by atoms with van der Waals surface area (Å²) < 4.78 is 6.14. The van der Waals surface area contributed by atoms with E-state index in [2.05, 4.69) is 27.1 Å². The Morgan fingerprint density at radius 3 is 2.79 bits per heavy atom. The third kappa shape index (κ3) is 3.21. The Morgan fingerprint density at radius 2 is 2.00 bits per heavy atom. The highest BCUT2D eigenvalue weighted by Gasteiger charge is 2.20. The van der Waals surface area contributed by atoms with E-state index < -0.39 is 0 Å². The second-order valence-electron chi connectivity index (χ2n) is 6.37. The highest BCUT2D eigenvalue weighted by atomic mass is 16.5. The Morgan fingerprint density at radius 1 is 1.12 bits per heavy atom. The fourth-order valence-electron chi connectivity index (χ4n) is 3.34. The number of piperidine rings is 1. The lowest BCUT2D eigenvalue weighted by atomic mass is 10.1. The number of rotatable bonds is 4. The van der Waals surface area contributed by atoms with Gasteiger partial charge in [0.15, 0.2) is 0 Å². The van der Waals surface area contributed by atoms with Crippen molar-refractivity contribution in [1.82, 2.24) is 14.9 Å². The van der Waals surface area contributed by atoms with Crippen LogP contribution in [0.15, 0.2) is 53.7 Å². The van der Waals surface area contributed by atoms with Crippen LogP contribution in [-0.2, 0) is 6.54 Å². The van der Waals surface area contributed by atoms with Gasteiger partial charge in [-0.1, -0.05) is 0 Å². The van der Waals surface area contributed by atoms with E-state index in [9.17, 15) is 4.79 Å². The van der Waals surface area contributed by atoms with E-state index in [-0.39, 0.29) is 11.7 Å². The van der Waals surface area contributed by atoms with Crippen molar-refractivity contribution in [3.63, 3.8) is 0 Å². The van der Waals surface area contributed by atoms with Crippen molar-refractivity contribution < 1.29 is 4.74 Å². The van der Waals surface area contributed by atoms with Crippen molar-refractivity contribution in [3.05, 3.63) is 64.8 Å². The number of aromatic nitrogens is 2. The van der Waals surface area contributed by atoms with Gasteiger partial charge in [0.1, 0.15) is 11.9 Å². The van der Waals surface area contributed by atoms with Crippen LogP contribution in [0.25, 0.3) is 10.8 Å². The van der Waals surface area contributed by atoms with E-state index in [0.29, 0.717) is 5.39 Å². The molecule has 1 aliphatic heterocycles. The molecule has 3 aromatic rings. The van der Waals surface area contributed by atoms with E-state index >= 15 is 0 Å². The van der Waals surface area contributed by atoms with Crippen molar-refractivity contribution in [2.45, 2.75) is 25.5 Å². The molecule has 0 amide bonds. The van der Waals surface area contributed by atoms with Gasteiger partial charge >= 0.3 is 0 Å². The SMILES string of the molecule is O=c1[nH]ccc2cc(OC3CCN(Cc4cc[nH]c4)CC3)ccc12. The molecule has 0 atom stereocenters. The number of aromatic amines is 2. The van der Waals surface area contributed by atoms with E-state index in [1.54, 1.807) is 6.20 Å². The number of benzene rings is 1. The summed E-state index contributed by atoms with van der Waals surface area (Å²) in [6.45, 7) is 3.08. The lowest BCUT2D eigenvalue weighted by Crippen LogP contribution is -2.37. The third-order valence-corrected chi connectivity index (χ3v) is 4.65. The number of fused-ring (bicyclic) bond motifs is 1. The highest BCUT2D eigenvalue weighted by Crippen LogP contribution is 2.23. The summed E-state index contributed by atoms with van der Waals surface area (Å²) in [5, 5.41) is 1.62. The smallest absolute Gasteiger partial charge is 0.255 e. The summed E-state index contributed by atoms with van der Waals surface area (Å²) in [5.74, 6) is 0.845. The van der Waals surface area contributed by atoms with Crippen molar-refractivity contribution in [2.24, 2.45) is 0 Å². The molecule has 124 valence electrons. The van der Waals surface area contributed by atoms with E-state index in [4.69, 9.17) is 4.74 Å². The molecule has 5 heteroatoms. The van der Waals surface area contributed by atoms with Gasteiger partial charge in [0.2, 0.25) is 0 Å². The molecule has 1 aromatic carbocycles. The summed E-state index contributed by atoms with van der Waals surface area (Å²) in [6.07, 6.45) is 7.99. The minimum absolute atomic E-state index is 0.0582. The molecule has 0 unspecified atom stereocenters. The Balaban J connectivity index is 1.37. The molecule has 5 nitrogen and oxygen atoms in total. The zero-order chi connectivity index (χ0) is 16.4. The second kappa shape index (κ2) is 6.53. The van der Waals surface area contributed by atoms with E-state index in [1.807, 2.05) is 30.5 Å². The molecule has 2 aromatic heterocycles. The fraction of sp³-hybridized carbons (Fsp3) is 0.316. The minimum Gasteiger partial charge on any atom is -0.490 e. The van der Waals surface area contributed by atoms with Crippen LogP contribution in [0, 0.1) is 0 Å². The Labute approximate surface area is 140 Å². The first-order valence-corrected chi connectivity index (χ1v) is 8.40. The first kappa shape index (κ1) is 15.0. The molecule has 0 spiro atoms. The number of ether oxygens (including phenoxy) is 1. The van der Waals surface area contributed by atoms with Crippen LogP contribution in [0.3, 0.4) is 0 Å². The van der Waals surface area contributed by atoms with Gasteiger partial charge < -0.3 is 14.7 Å². The predicted molar refractivity (Wildman–Crippen MR) is 94.3 cm³/mol. The predicted octanol–water partition coefficient (Wildman–Crippen LogP) is 2.90. The largest absolute Gasteiger partial charge is 0.490 e. The van der Waals surface area contributed by atoms with Crippen molar-refractivity contribution >= 4 is 10.8 Å². The molecule has 3 heterocycles. The molecule has 1 saturated heterocycles. The fourth-order valence-corrected chi connectivity index (χ4v) is 3.34. The second-order valence-corrected chi connectivity index (χ2v) is 6.37. The molecule has 0 saturated carbocycles. The topological polar surface area (TPSA) is 61.1 Å². The average molecular weight is 323 g/mol. The van der Waals surface area contributed by atoms with Crippen LogP contribution in [0.2, 0.25) is 0 Å². The summed E-state index contributed by atoms with van der Waals surface area (Å²) in [7, 11) is 0. The molecule has 24 heavy (non-hydrogen) atoms. The van der Waals surface area contributed by atoms with Gasteiger partial charge in [-0.05, 0) is 54.1 Å². The summed E-state index contributed by atoms with van der Waals surface area (Å²) in [4.78, 5) is 20.0. The molecule has 4 rings (SSSR count). The number of nitrogens with one attached hydrogen (secondary N) is 2. The zero-order valence-electron chi connectivity index (χ0n) is 13.5. The normalized spacial score (nSPS) is 16.5. The number of nitrogens with zero attached hydrogens (tertiary/aromatic N) is 1. The maximum absolute atomic E-state index is 11.7. The van der Waals surface area contributed by atoms with Gasteiger partial charge in [-0.15, -0.1) is 0 Å². The first-order valence-electron chi connectivity index (χ1n) is 8.40. The quantitative estimate of drug-likeness (QED) is 0.776. The number of hydrogen-bond donors (Lipinski definition) is 2. The molecule has 0 radical (unpaired) electrons. The maximum atomic E-state index is 11.7. The van der Waals surface area contributed by atoms with Gasteiger partial charge in [-0.25, -0.2) is 0 Å². The van der Waals surface area contributed by atoms with Crippen molar-refractivity contribution in [3.8, 4) is 5.75 Å². The molecular formula is C19H21N3O2. The standard InChI is InChI=1S/C19H21N3O2/c23-19-18-2-1-17(11-15(18)4-8-21-19)24-16-5-9-22(10-6-16)13-14-3-7-20-12-14/h1-4,7-8,11-12,16,20H,5-6,9-10,13H2,(H,21,23). The molecule has 1 aliphatic rings. The summed E-state index contributed by atoms with van der Waals surface area (Å²) in [5.41, 5.74) is 1.27. The third-order valence-electron chi connectivity index (χ3n) is 4.65. The van der Waals surface area contributed by atoms with Gasteiger partial charge in [0, 0.05) is 43.6 Å². The number of pyridine rings is 1. The number of hydrogen-bond acceptors (Lipinski definition) is 3. The lowest BCUT2D eigenvalue weighted by molar-refractivity contribution is 0.0969. The van der Waals surface area contributed by atoms with Crippen molar-refractivity contribution in [2.75, 3.05) is 13.1 Å². The highest BCUT2D eigenvalue weighted by molar-refractivity contribution is 5.82. The molecule has 0 aliphatic carbocycles. The van der Waals surface area contributed by atoms with Gasteiger partial charge in [0.25, 0.3) is 5.56 Å². The van der Waals surface area contributed by atoms with Crippen LogP contribution in [-0.4, -0.2) is 34.1 Å². The Kier molecular flexibility index (Phi) is 4.09. The van der Waals surface area contributed by atoms with Crippen LogP contribution >= 0.6 is 0 Å². The Bertz CT molecular complexity index is 862. The van der Waals surface area contributed by atoms with Crippen LogP contribution < -0.4 is 10.3 Å². The average Bonchev–Trinajstić information content (AvgIpc) is 3.10. The molecule has 1 fully saturated rings. The van der Waals surface area contributed by atoms with E-state index in [0.717, 1.165) is 43.6 Å². The zero-order valence-corrected chi connectivity index (χ0v) is 13.5. The monoisotopic (exact) mass is 323 g/mol. The molecule has 2 N–H and O–H groups in total. The van der Waals surface area contributed by atoms with Gasteiger partial charge in [-0.2, -0.15) is 0 Å². The van der Waals surface area contributed by atoms with Crippen molar-refractivity contribution in [1.29, 1.82) is 0 Å². The first-order chi connectivity index (χ1) is 11.8. The maximum Gasteiger partial charge on any atom is 0.255 e. The van der Waals surface area contributed by atoms with Gasteiger partial charge in [0.05, 0.1) is 0 Å². The molecular weight excluding hydrogens is 302 g/mol. The van der Waals surface area contributed by atoms with E-state index in [1.165, 1.54) is 5.56 Å². The Hall–Kier alpha value is -2.53. The lowest BCUT2D eigenvalue weighted by Gasteiger charge is -2.32. The number of likely N-dealkylation sites (tertiary alicyclic amines) is 1. The summed E-state index contributed by atoms with van der Waals surface area (Å²) in [6, 6.07) is 9.72. The minimum atomic E-state index is -0.0582.